The van der Waals surface area contributed by atoms with Crippen LogP contribution in [0.3, 0.4) is 0 Å². The van der Waals surface area contributed by atoms with Crippen molar-refractivity contribution in [2.75, 3.05) is 13.1 Å². The molecule has 1 unspecified atom stereocenters. The zero-order valence-corrected chi connectivity index (χ0v) is 9.82. The van der Waals surface area contributed by atoms with Gasteiger partial charge in [-0.2, -0.15) is 13.2 Å². The van der Waals surface area contributed by atoms with Crippen molar-refractivity contribution < 1.29 is 18.0 Å². The Kier molecular flexibility index (Phi) is 6.40. The average Bonchev–Trinajstić information content (AvgIpc) is 2.09. The smallest absolute Gasteiger partial charge is 0.346 e. The van der Waals surface area contributed by atoms with E-state index in [2.05, 4.69) is 5.32 Å². The van der Waals surface area contributed by atoms with Crippen LogP contribution in [0.4, 0.5) is 13.2 Å². The number of halogens is 3. The molecule has 0 rings (SSSR count). The molecule has 0 aromatic rings. The van der Waals surface area contributed by atoms with Crippen LogP contribution in [0.2, 0.25) is 0 Å². The van der Waals surface area contributed by atoms with Crippen molar-refractivity contribution in [1.82, 2.24) is 10.6 Å². The first-order valence-electron chi connectivity index (χ1n) is 5.27. The van der Waals surface area contributed by atoms with Gasteiger partial charge in [0.05, 0.1) is 6.54 Å². The summed E-state index contributed by atoms with van der Waals surface area (Å²) in [5.41, 5.74) is 0. The molecule has 6 heteroatoms. The minimum atomic E-state index is -4.35. The summed E-state index contributed by atoms with van der Waals surface area (Å²) < 4.78 is 35.3. The maximum Gasteiger partial charge on any atom is 0.405 e. The van der Waals surface area contributed by atoms with Crippen LogP contribution in [-0.2, 0) is 4.79 Å². The summed E-state index contributed by atoms with van der Waals surface area (Å²) in [6.07, 6.45) is -3.47. The number of hydrogen-bond acceptors (Lipinski definition) is 2. The molecule has 0 bridgehead atoms. The Hall–Kier alpha value is -0.780. The molecule has 96 valence electrons. The molecule has 0 aliphatic carbocycles. The molecule has 0 fully saturated rings. The normalized spacial score (nSPS) is 13.9. The van der Waals surface area contributed by atoms with Crippen molar-refractivity contribution in [3.8, 4) is 0 Å². The molecule has 16 heavy (non-hydrogen) atoms. The van der Waals surface area contributed by atoms with Crippen LogP contribution in [0.15, 0.2) is 0 Å². The Morgan fingerprint density at radius 1 is 1.25 bits per heavy atom. The second-order valence-electron chi connectivity index (χ2n) is 4.30. The predicted octanol–water partition coefficient (Wildman–Crippen LogP) is 1.69. The molecule has 0 aliphatic heterocycles. The number of carbonyl (C=O) groups excluding carboxylic acids is 1. The lowest BCUT2D eigenvalue weighted by atomic mass is 10.1. The molecule has 1 amide bonds. The molecule has 0 saturated carbocycles. The fraction of sp³-hybridized carbons (Fsp3) is 0.900. The van der Waals surface area contributed by atoms with Crippen molar-refractivity contribution >= 4 is 5.91 Å². The molecule has 3 nitrogen and oxygen atoms in total. The fourth-order valence-corrected chi connectivity index (χ4v) is 1.32. The number of carbonyl (C=O) groups is 1. The lowest BCUT2D eigenvalue weighted by molar-refractivity contribution is -0.137. The van der Waals surface area contributed by atoms with Crippen LogP contribution in [0.1, 0.15) is 27.2 Å². The van der Waals surface area contributed by atoms with Gasteiger partial charge in [-0.25, -0.2) is 0 Å². The van der Waals surface area contributed by atoms with E-state index in [1.807, 2.05) is 20.8 Å². The number of nitrogens with one attached hydrogen (secondary N) is 2. The SMILES string of the molecule is CC(C)CC(C)NCC(=O)NCC(F)(F)F. The van der Waals surface area contributed by atoms with Gasteiger partial charge in [-0.15, -0.1) is 0 Å². The van der Waals surface area contributed by atoms with E-state index >= 15 is 0 Å². The standard InChI is InChI=1S/C10H19F3N2O/c1-7(2)4-8(3)14-5-9(16)15-6-10(11,12)13/h7-8,14H,4-6H2,1-3H3,(H,15,16). The number of rotatable bonds is 6. The topological polar surface area (TPSA) is 41.1 Å². The summed E-state index contributed by atoms with van der Waals surface area (Å²) >= 11 is 0. The van der Waals surface area contributed by atoms with Gasteiger partial charge in [-0.3, -0.25) is 4.79 Å². The van der Waals surface area contributed by atoms with Crippen LogP contribution < -0.4 is 10.6 Å². The Morgan fingerprint density at radius 3 is 2.25 bits per heavy atom. The Morgan fingerprint density at radius 2 is 1.81 bits per heavy atom. The van der Waals surface area contributed by atoms with Crippen molar-refractivity contribution in [2.24, 2.45) is 5.92 Å². The third-order valence-corrected chi connectivity index (χ3v) is 1.92. The molecule has 0 aromatic heterocycles. The fourth-order valence-electron chi connectivity index (χ4n) is 1.32. The highest BCUT2D eigenvalue weighted by Gasteiger charge is 2.27. The molecule has 0 aliphatic rings. The largest absolute Gasteiger partial charge is 0.405 e. The Labute approximate surface area is 93.8 Å². The summed E-state index contributed by atoms with van der Waals surface area (Å²) in [7, 11) is 0. The maximum absolute atomic E-state index is 11.8. The van der Waals surface area contributed by atoms with E-state index in [0.717, 1.165) is 6.42 Å². The summed E-state index contributed by atoms with van der Waals surface area (Å²) in [6.45, 7) is 4.64. The molecular weight excluding hydrogens is 221 g/mol. The lowest BCUT2D eigenvalue weighted by Gasteiger charge is -2.15. The Balaban J connectivity index is 3.65. The summed E-state index contributed by atoms with van der Waals surface area (Å²) in [6, 6.07) is 0.122. The number of hydrogen-bond donors (Lipinski definition) is 2. The van der Waals surface area contributed by atoms with E-state index in [0.29, 0.717) is 5.92 Å². The van der Waals surface area contributed by atoms with Crippen LogP contribution in [-0.4, -0.2) is 31.2 Å². The van der Waals surface area contributed by atoms with Crippen molar-refractivity contribution in [3.05, 3.63) is 0 Å². The van der Waals surface area contributed by atoms with Gasteiger partial charge in [0.15, 0.2) is 0 Å². The van der Waals surface area contributed by atoms with E-state index < -0.39 is 18.6 Å². The van der Waals surface area contributed by atoms with Crippen molar-refractivity contribution in [2.45, 2.75) is 39.4 Å². The summed E-state index contributed by atoms with van der Waals surface area (Å²) in [5.74, 6) is -0.145. The third-order valence-electron chi connectivity index (χ3n) is 1.92. The first kappa shape index (κ1) is 15.2. The van der Waals surface area contributed by atoms with Crippen LogP contribution in [0.25, 0.3) is 0 Å². The molecule has 0 spiro atoms. The van der Waals surface area contributed by atoms with Crippen molar-refractivity contribution in [3.63, 3.8) is 0 Å². The average molecular weight is 240 g/mol. The predicted molar refractivity (Wildman–Crippen MR) is 56.0 cm³/mol. The first-order valence-corrected chi connectivity index (χ1v) is 5.27. The molecular formula is C10H19F3N2O. The minimum absolute atomic E-state index is 0.0794. The minimum Gasteiger partial charge on any atom is -0.346 e. The molecule has 1 atom stereocenters. The maximum atomic E-state index is 11.8. The van der Waals surface area contributed by atoms with Gasteiger partial charge < -0.3 is 10.6 Å². The van der Waals surface area contributed by atoms with Gasteiger partial charge in [-0.05, 0) is 19.3 Å². The van der Waals surface area contributed by atoms with Crippen LogP contribution in [0, 0.1) is 5.92 Å². The van der Waals surface area contributed by atoms with E-state index in [9.17, 15) is 18.0 Å². The first-order chi connectivity index (χ1) is 7.20. The second-order valence-corrected chi connectivity index (χ2v) is 4.30. The monoisotopic (exact) mass is 240 g/mol. The highest BCUT2D eigenvalue weighted by atomic mass is 19.4. The van der Waals surface area contributed by atoms with Gasteiger partial charge in [0.2, 0.25) is 5.91 Å². The van der Waals surface area contributed by atoms with Crippen molar-refractivity contribution in [1.29, 1.82) is 0 Å². The molecule has 2 N–H and O–H groups in total. The van der Waals surface area contributed by atoms with E-state index in [-0.39, 0.29) is 12.6 Å². The molecule has 0 saturated heterocycles. The molecule has 0 radical (unpaired) electrons. The van der Waals surface area contributed by atoms with Gasteiger partial charge in [0, 0.05) is 6.04 Å². The van der Waals surface area contributed by atoms with E-state index in [1.54, 1.807) is 5.32 Å². The molecule has 0 aromatic carbocycles. The third kappa shape index (κ3) is 9.76. The van der Waals surface area contributed by atoms with E-state index in [4.69, 9.17) is 0 Å². The Bertz CT molecular complexity index is 217. The van der Waals surface area contributed by atoms with Gasteiger partial charge in [-0.1, -0.05) is 13.8 Å². The second kappa shape index (κ2) is 6.73. The van der Waals surface area contributed by atoms with Gasteiger partial charge >= 0.3 is 6.18 Å². The molecule has 0 heterocycles. The summed E-state index contributed by atoms with van der Waals surface area (Å²) in [4.78, 5) is 11.0. The number of alkyl halides is 3. The van der Waals surface area contributed by atoms with Crippen LogP contribution >= 0.6 is 0 Å². The zero-order chi connectivity index (χ0) is 12.8. The summed E-state index contributed by atoms with van der Waals surface area (Å²) in [5, 5.41) is 4.68. The van der Waals surface area contributed by atoms with Crippen LogP contribution in [0.5, 0.6) is 0 Å². The van der Waals surface area contributed by atoms with Gasteiger partial charge in [0.25, 0.3) is 0 Å². The van der Waals surface area contributed by atoms with Gasteiger partial charge in [0.1, 0.15) is 6.54 Å². The quantitative estimate of drug-likeness (QED) is 0.741. The zero-order valence-electron chi connectivity index (χ0n) is 9.82. The lowest BCUT2D eigenvalue weighted by Crippen LogP contribution is -2.41. The highest BCUT2D eigenvalue weighted by molar-refractivity contribution is 5.78. The van der Waals surface area contributed by atoms with E-state index in [1.165, 1.54) is 0 Å². The highest BCUT2D eigenvalue weighted by Crippen LogP contribution is 2.11. The number of amides is 1.